The first-order chi connectivity index (χ1) is 31.0. The molecule has 0 radical (unpaired) electrons. The van der Waals surface area contributed by atoms with Crippen LogP contribution in [0.2, 0.25) is 0 Å². The number of piperidine rings is 1. The Balaban J connectivity index is 1.02. The van der Waals surface area contributed by atoms with E-state index in [9.17, 15) is 8.78 Å². The summed E-state index contributed by atoms with van der Waals surface area (Å²) >= 11 is 0. The second kappa shape index (κ2) is 16.9. The maximum Gasteiger partial charge on any atom is 0.194 e. The zero-order chi connectivity index (χ0) is 44.1. The molecule has 0 amide bonds. The average Bonchev–Trinajstić information content (AvgIpc) is 3.45. The van der Waals surface area contributed by atoms with Crippen molar-refractivity contribution in [1.29, 1.82) is 0 Å². The molecule has 0 bridgehead atoms. The van der Waals surface area contributed by atoms with Gasteiger partial charge in [-0.15, -0.1) is 0 Å². The van der Waals surface area contributed by atoms with Crippen molar-refractivity contribution in [3.8, 4) is 39.1 Å². The fourth-order valence-electron chi connectivity index (χ4n) is 9.87. The van der Waals surface area contributed by atoms with Gasteiger partial charge < -0.3 is 14.0 Å². The van der Waals surface area contributed by atoms with Gasteiger partial charge in [-0.25, -0.2) is 26.3 Å². The third-order valence-electron chi connectivity index (χ3n) is 13.2. The summed E-state index contributed by atoms with van der Waals surface area (Å²) in [6.45, 7) is 5.85. The first-order valence-electron chi connectivity index (χ1n) is 21.6. The van der Waals surface area contributed by atoms with E-state index in [4.69, 9.17) is 9.47 Å². The van der Waals surface area contributed by atoms with E-state index in [0.29, 0.717) is 61.6 Å². The fourth-order valence-corrected chi connectivity index (χ4v) is 9.87. The van der Waals surface area contributed by atoms with Crippen molar-refractivity contribution in [2.24, 2.45) is 5.92 Å². The Kier molecular flexibility index (Phi) is 11.0. The van der Waals surface area contributed by atoms with E-state index in [-0.39, 0.29) is 17.0 Å². The molecule has 2 aliphatic heterocycles. The standard InChI is InChI=1S/C55H44F6NO2/c1-33-10-12-35(13-11-33)32-64-41-16-14-34(15-17-41)30-63-31-36-18-20-62(21-19-36)28-46-44(39-24-48(56)54(60)49(57)25-39)22-37-6-2-4-8-42(37)52(46)53-43-9-5-3-7-38(43)23-45(47(53)29-62)40-26-50(58)55(61)51(59)27-40/h2-17,22-27,36H,18-21,28-32H2,1H3/q+1. The van der Waals surface area contributed by atoms with Crippen LogP contribution in [0.25, 0.3) is 54.9 Å². The fraction of sp³-hybridized carbons (Fsp3) is 0.200. The summed E-state index contributed by atoms with van der Waals surface area (Å²) in [4.78, 5) is 0. The van der Waals surface area contributed by atoms with Gasteiger partial charge in [-0.2, -0.15) is 0 Å². The van der Waals surface area contributed by atoms with Crippen molar-refractivity contribution in [3.05, 3.63) is 196 Å². The molecule has 3 nitrogen and oxygen atoms in total. The van der Waals surface area contributed by atoms with Gasteiger partial charge in [0.1, 0.15) is 25.4 Å². The summed E-state index contributed by atoms with van der Waals surface area (Å²) in [5, 5.41) is 3.38. The van der Waals surface area contributed by atoms with Gasteiger partial charge in [0.25, 0.3) is 0 Å². The smallest absolute Gasteiger partial charge is 0.194 e. The number of nitrogens with zero attached hydrogens (tertiary/aromatic N) is 1. The number of aryl methyl sites for hydroxylation is 1. The molecule has 0 saturated carbocycles. The predicted molar refractivity (Wildman–Crippen MR) is 239 cm³/mol. The Morgan fingerprint density at radius 2 is 0.984 bits per heavy atom. The zero-order valence-corrected chi connectivity index (χ0v) is 35.2. The first kappa shape index (κ1) is 41.6. The maximum absolute atomic E-state index is 15.1. The molecule has 0 atom stereocenters. The van der Waals surface area contributed by atoms with E-state index in [2.05, 4.69) is 31.2 Å². The minimum Gasteiger partial charge on any atom is -0.489 e. The number of benzene rings is 8. The molecule has 8 aromatic rings. The first-order valence-corrected chi connectivity index (χ1v) is 21.6. The largest absolute Gasteiger partial charge is 0.489 e. The second-order valence-corrected chi connectivity index (χ2v) is 17.5. The Labute approximate surface area is 367 Å². The van der Waals surface area contributed by atoms with E-state index in [1.165, 1.54) is 5.56 Å². The maximum atomic E-state index is 15.1. The van der Waals surface area contributed by atoms with Gasteiger partial charge in [-0.1, -0.05) is 90.5 Å². The van der Waals surface area contributed by atoms with Crippen LogP contribution >= 0.6 is 0 Å². The molecule has 1 fully saturated rings. The molecule has 1 saturated heterocycles. The quantitative estimate of drug-likeness (QED) is 0.0818. The highest BCUT2D eigenvalue weighted by molar-refractivity contribution is 6.12. The molecule has 64 heavy (non-hydrogen) atoms. The lowest BCUT2D eigenvalue weighted by atomic mass is 9.82. The Hall–Kier alpha value is -6.42. The number of fused-ring (bicyclic) bond motifs is 7. The SMILES string of the molecule is Cc1ccc(COc2ccc(COCC3CC[N+]4(CC3)Cc3c(-c5cc(F)c(F)c(F)c5)cc5ccccc5c3-c3c(c(-c5cc(F)c(F)c(F)c5)cc5ccccc35)C4)cc2)cc1. The lowest BCUT2D eigenvalue weighted by Gasteiger charge is -2.44. The lowest BCUT2D eigenvalue weighted by Crippen LogP contribution is -2.51. The third kappa shape index (κ3) is 7.92. The average molecular weight is 865 g/mol. The highest BCUT2D eigenvalue weighted by atomic mass is 19.2. The number of hydrogen-bond acceptors (Lipinski definition) is 2. The van der Waals surface area contributed by atoms with E-state index >= 15 is 17.6 Å². The van der Waals surface area contributed by atoms with Crippen LogP contribution in [0.15, 0.2) is 133 Å². The van der Waals surface area contributed by atoms with Gasteiger partial charge in [-0.3, -0.25) is 0 Å². The molecular weight excluding hydrogens is 821 g/mol. The molecule has 2 heterocycles. The summed E-state index contributed by atoms with van der Waals surface area (Å²) in [6.07, 6.45) is 1.61. The normalized spacial score (nSPS) is 14.7. The van der Waals surface area contributed by atoms with Crippen molar-refractivity contribution in [2.45, 2.75) is 46.1 Å². The van der Waals surface area contributed by atoms with Crippen molar-refractivity contribution in [2.75, 3.05) is 19.7 Å². The zero-order valence-electron chi connectivity index (χ0n) is 35.2. The van der Waals surface area contributed by atoms with Crippen molar-refractivity contribution < 1.29 is 40.3 Å². The molecular formula is C55H44F6NO2+. The summed E-state index contributed by atoms with van der Waals surface area (Å²) < 4.78 is 102. The highest BCUT2D eigenvalue weighted by Gasteiger charge is 2.41. The summed E-state index contributed by atoms with van der Waals surface area (Å²) in [6, 6.07) is 39.8. The van der Waals surface area contributed by atoms with Crippen molar-refractivity contribution in [1.82, 2.24) is 0 Å². The van der Waals surface area contributed by atoms with Gasteiger partial charge in [0, 0.05) is 35.1 Å². The van der Waals surface area contributed by atoms with Crippen LogP contribution in [0.4, 0.5) is 26.3 Å². The van der Waals surface area contributed by atoms with Crippen LogP contribution < -0.4 is 4.74 Å². The van der Waals surface area contributed by atoms with Gasteiger partial charge in [0.2, 0.25) is 0 Å². The van der Waals surface area contributed by atoms with E-state index in [0.717, 1.165) is 97.8 Å². The summed E-state index contributed by atoms with van der Waals surface area (Å²) in [5.74, 6) is -7.19. The van der Waals surface area contributed by atoms with Gasteiger partial charge >= 0.3 is 0 Å². The monoisotopic (exact) mass is 864 g/mol. The molecule has 8 aromatic carbocycles. The molecule has 2 aliphatic rings. The Morgan fingerprint density at radius 1 is 0.531 bits per heavy atom. The number of quaternary nitrogens is 1. The van der Waals surface area contributed by atoms with Crippen molar-refractivity contribution in [3.63, 3.8) is 0 Å². The summed E-state index contributed by atoms with van der Waals surface area (Å²) in [7, 11) is 0. The molecule has 0 N–H and O–H groups in total. The van der Waals surface area contributed by atoms with Gasteiger partial charge in [0.15, 0.2) is 34.9 Å². The molecule has 0 aliphatic carbocycles. The lowest BCUT2D eigenvalue weighted by molar-refractivity contribution is -0.958. The van der Waals surface area contributed by atoms with Crippen molar-refractivity contribution >= 4 is 21.5 Å². The number of ether oxygens (including phenoxy) is 2. The Morgan fingerprint density at radius 3 is 1.48 bits per heavy atom. The van der Waals surface area contributed by atoms with Crippen LogP contribution in [-0.2, 0) is 31.0 Å². The predicted octanol–water partition coefficient (Wildman–Crippen LogP) is 14.2. The van der Waals surface area contributed by atoms with E-state index in [1.54, 1.807) is 0 Å². The van der Waals surface area contributed by atoms with Crippen LogP contribution in [0.3, 0.4) is 0 Å². The van der Waals surface area contributed by atoms with Crippen LogP contribution in [0.1, 0.15) is 40.7 Å². The van der Waals surface area contributed by atoms with Crippen LogP contribution in [0, 0.1) is 47.7 Å². The van der Waals surface area contributed by atoms with Gasteiger partial charge in [0.05, 0.1) is 26.3 Å². The third-order valence-corrected chi connectivity index (χ3v) is 13.2. The molecule has 10 rings (SSSR count). The minimum atomic E-state index is -1.54. The highest BCUT2D eigenvalue weighted by Crippen LogP contribution is 2.51. The van der Waals surface area contributed by atoms with Crippen LogP contribution in [-0.4, -0.2) is 24.2 Å². The molecule has 322 valence electrons. The molecule has 1 spiro atoms. The van der Waals surface area contributed by atoms with Crippen LogP contribution in [0.5, 0.6) is 5.75 Å². The molecule has 0 unspecified atom stereocenters. The van der Waals surface area contributed by atoms with Gasteiger partial charge in [-0.05, 0) is 116 Å². The summed E-state index contributed by atoms with van der Waals surface area (Å²) in [5.41, 5.74) is 8.23. The van der Waals surface area contributed by atoms with E-state index in [1.807, 2.05) is 84.9 Å². The molecule has 9 heteroatoms. The number of rotatable bonds is 9. The van der Waals surface area contributed by atoms with E-state index < -0.39 is 34.9 Å². The number of hydrogen-bond donors (Lipinski definition) is 0. The minimum absolute atomic E-state index is 0.206. The second-order valence-electron chi connectivity index (χ2n) is 17.5. The molecule has 0 aromatic heterocycles. The number of halogens is 6. The topological polar surface area (TPSA) is 18.5 Å². The Bertz CT molecular complexity index is 2870.